The molecule has 2 N–H and O–H groups in total. The molecule has 0 bridgehead atoms. The molecule has 1 aromatic rings. The van der Waals surface area contributed by atoms with Gasteiger partial charge >= 0.3 is 0 Å². The summed E-state index contributed by atoms with van der Waals surface area (Å²) < 4.78 is 2.21. The normalized spacial score (nSPS) is 26.9. The average Bonchev–Trinajstić information content (AvgIpc) is 2.59. The molecule has 2 unspecified atom stereocenters. The zero-order chi connectivity index (χ0) is 10.8. The fourth-order valence-electron chi connectivity index (χ4n) is 2.55. The van der Waals surface area contributed by atoms with Crippen LogP contribution in [0.2, 0.25) is 0 Å². The van der Waals surface area contributed by atoms with Crippen molar-refractivity contribution in [2.24, 2.45) is 5.73 Å². The van der Waals surface area contributed by atoms with E-state index in [4.69, 9.17) is 5.73 Å². The molecule has 1 heterocycles. The van der Waals surface area contributed by atoms with E-state index in [0.717, 1.165) is 31.0 Å². The van der Waals surface area contributed by atoms with Crippen LogP contribution in [0.15, 0.2) is 0 Å². The van der Waals surface area contributed by atoms with Gasteiger partial charge in [0.2, 0.25) is 0 Å². The van der Waals surface area contributed by atoms with Gasteiger partial charge in [-0.1, -0.05) is 6.42 Å². The minimum absolute atomic E-state index is 0.353. The maximum Gasteiger partial charge on any atom is 0.136 e. The summed E-state index contributed by atoms with van der Waals surface area (Å²) >= 11 is 0. The Hall–Kier alpha value is -0.900. The first kappa shape index (κ1) is 10.6. The highest BCUT2D eigenvalue weighted by atomic mass is 15.3. The first-order chi connectivity index (χ1) is 7.22. The van der Waals surface area contributed by atoms with Crippen molar-refractivity contribution < 1.29 is 0 Å². The molecule has 1 saturated carbocycles. The van der Waals surface area contributed by atoms with Gasteiger partial charge in [0.05, 0.1) is 0 Å². The number of hydrogen-bond donors (Lipinski definition) is 1. The Morgan fingerprint density at radius 2 is 2.20 bits per heavy atom. The second-order valence-corrected chi connectivity index (χ2v) is 4.47. The number of aromatic nitrogens is 3. The molecule has 1 aliphatic carbocycles. The van der Waals surface area contributed by atoms with Gasteiger partial charge in [0.25, 0.3) is 0 Å². The highest BCUT2D eigenvalue weighted by Crippen LogP contribution is 2.31. The Bertz CT molecular complexity index is 331. The molecule has 0 radical (unpaired) electrons. The first-order valence-electron chi connectivity index (χ1n) is 5.87. The molecule has 2 rings (SSSR count). The van der Waals surface area contributed by atoms with Gasteiger partial charge in [0.15, 0.2) is 0 Å². The summed E-state index contributed by atoms with van der Waals surface area (Å²) in [5.41, 5.74) is 6.00. The van der Waals surface area contributed by atoms with Crippen molar-refractivity contribution in [2.75, 3.05) is 0 Å². The highest BCUT2D eigenvalue weighted by Gasteiger charge is 2.25. The van der Waals surface area contributed by atoms with Crippen molar-refractivity contribution in [3.05, 3.63) is 11.6 Å². The molecule has 4 heteroatoms. The largest absolute Gasteiger partial charge is 0.328 e. The van der Waals surface area contributed by atoms with E-state index in [1.807, 2.05) is 6.92 Å². The van der Waals surface area contributed by atoms with Crippen molar-refractivity contribution in [1.82, 2.24) is 14.8 Å². The lowest BCUT2D eigenvalue weighted by Gasteiger charge is -2.26. The second-order valence-electron chi connectivity index (χ2n) is 4.47. The van der Waals surface area contributed by atoms with Crippen molar-refractivity contribution in [3.8, 4) is 0 Å². The van der Waals surface area contributed by atoms with Gasteiger partial charge in [0, 0.05) is 18.5 Å². The van der Waals surface area contributed by atoms with Gasteiger partial charge < -0.3 is 10.3 Å². The molecule has 0 saturated heterocycles. The summed E-state index contributed by atoms with van der Waals surface area (Å²) in [5, 5.41) is 8.46. The Morgan fingerprint density at radius 1 is 1.40 bits per heavy atom. The van der Waals surface area contributed by atoms with E-state index in [1.54, 1.807) is 0 Å². The minimum Gasteiger partial charge on any atom is -0.328 e. The molecular weight excluding hydrogens is 188 g/mol. The van der Waals surface area contributed by atoms with Crippen molar-refractivity contribution in [2.45, 2.75) is 58.0 Å². The van der Waals surface area contributed by atoms with Crippen molar-refractivity contribution in [1.29, 1.82) is 0 Å². The Balaban J connectivity index is 2.20. The molecular formula is C11H20N4. The number of hydrogen-bond acceptors (Lipinski definition) is 3. The fraction of sp³-hybridized carbons (Fsp3) is 0.818. The Kier molecular flexibility index (Phi) is 3.05. The predicted octanol–water partition coefficient (Wildman–Crippen LogP) is 1.59. The molecule has 1 aromatic heterocycles. The van der Waals surface area contributed by atoms with Gasteiger partial charge in [-0.05, 0) is 33.1 Å². The van der Waals surface area contributed by atoms with Crippen molar-refractivity contribution >= 4 is 0 Å². The SMILES string of the molecule is CCn1c(C)nnc1C1CCCC(N)C1. The first-order valence-corrected chi connectivity index (χ1v) is 5.87. The van der Waals surface area contributed by atoms with E-state index >= 15 is 0 Å². The lowest BCUT2D eigenvalue weighted by molar-refractivity contribution is 0.373. The van der Waals surface area contributed by atoms with Crippen LogP contribution in [0.25, 0.3) is 0 Å². The summed E-state index contributed by atoms with van der Waals surface area (Å²) in [4.78, 5) is 0. The van der Waals surface area contributed by atoms with Crippen LogP contribution in [0.1, 0.15) is 50.2 Å². The fourth-order valence-corrected chi connectivity index (χ4v) is 2.55. The van der Waals surface area contributed by atoms with Crippen LogP contribution in [0.3, 0.4) is 0 Å². The Labute approximate surface area is 90.9 Å². The number of rotatable bonds is 2. The van der Waals surface area contributed by atoms with Gasteiger partial charge in [-0.15, -0.1) is 10.2 Å². The van der Waals surface area contributed by atoms with Gasteiger partial charge in [-0.2, -0.15) is 0 Å². The van der Waals surface area contributed by atoms with Crippen LogP contribution in [-0.4, -0.2) is 20.8 Å². The number of aryl methyl sites for hydroxylation is 1. The maximum absolute atomic E-state index is 6.00. The van der Waals surface area contributed by atoms with Crippen LogP contribution < -0.4 is 5.73 Å². The molecule has 4 nitrogen and oxygen atoms in total. The molecule has 0 aromatic carbocycles. The Morgan fingerprint density at radius 3 is 2.87 bits per heavy atom. The highest BCUT2D eigenvalue weighted by molar-refractivity contribution is 5.03. The molecule has 15 heavy (non-hydrogen) atoms. The lowest BCUT2D eigenvalue weighted by Crippen LogP contribution is -2.28. The van der Waals surface area contributed by atoms with Crippen LogP contribution in [0.5, 0.6) is 0 Å². The zero-order valence-corrected chi connectivity index (χ0v) is 9.61. The smallest absolute Gasteiger partial charge is 0.136 e. The number of nitrogens with zero attached hydrogens (tertiary/aromatic N) is 3. The topological polar surface area (TPSA) is 56.7 Å². The second kappa shape index (κ2) is 4.31. The van der Waals surface area contributed by atoms with Crippen LogP contribution in [0, 0.1) is 6.92 Å². The number of nitrogens with two attached hydrogens (primary N) is 1. The van der Waals surface area contributed by atoms with E-state index in [9.17, 15) is 0 Å². The van der Waals surface area contributed by atoms with Crippen LogP contribution in [0.4, 0.5) is 0 Å². The van der Waals surface area contributed by atoms with E-state index < -0.39 is 0 Å². The van der Waals surface area contributed by atoms with Gasteiger partial charge in [-0.3, -0.25) is 0 Å². The summed E-state index contributed by atoms with van der Waals surface area (Å²) in [6, 6.07) is 0.353. The molecule has 0 aliphatic heterocycles. The lowest BCUT2D eigenvalue weighted by atomic mass is 9.85. The summed E-state index contributed by atoms with van der Waals surface area (Å²) in [6.07, 6.45) is 4.67. The van der Waals surface area contributed by atoms with Crippen LogP contribution in [-0.2, 0) is 6.54 Å². The molecule has 84 valence electrons. The predicted molar refractivity (Wildman–Crippen MR) is 59.6 cm³/mol. The molecule has 2 atom stereocenters. The van der Waals surface area contributed by atoms with Gasteiger partial charge in [0.1, 0.15) is 11.6 Å². The summed E-state index contributed by atoms with van der Waals surface area (Å²) in [7, 11) is 0. The van der Waals surface area contributed by atoms with E-state index in [-0.39, 0.29) is 0 Å². The molecule has 1 fully saturated rings. The summed E-state index contributed by atoms with van der Waals surface area (Å²) in [6.45, 7) is 5.12. The standard InChI is InChI=1S/C11H20N4/c1-3-15-8(2)13-14-11(15)9-5-4-6-10(12)7-9/h9-10H,3-7,12H2,1-2H3. The maximum atomic E-state index is 6.00. The third kappa shape index (κ3) is 2.04. The monoisotopic (exact) mass is 208 g/mol. The van der Waals surface area contributed by atoms with Gasteiger partial charge in [-0.25, -0.2) is 0 Å². The van der Waals surface area contributed by atoms with Crippen molar-refractivity contribution in [3.63, 3.8) is 0 Å². The molecule has 0 amide bonds. The van der Waals surface area contributed by atoms with E-state index in [0.29, 0.717) is 12.0 Å². The quantitative estimate of drug-likeness (QED) is 0.803. The third-order valence-electron chi connectivity index (χ3n) is 3.36. The van der Waals surface area contributed by atoms with E-state index in [2.05, 4.69) is 21.7 Å². The molecule has 0 spiro atoms. The van der Waals surface area contributed by atoms with Crippen LogP contribution >= 0.6 is 0 Å². The average molecular weight is 208 g/mol. The minimum atomic E-state index is 0.353. The zero-order valence-electron chi connectivity index (χ0n) is 9.61. The third-order valence-corrected chi connectivity index (χ3v) is 3.36. The van der Waals surface area contributed by atoms with E-state index in [1.165, 1.54) is 12.8 Å². The summed E-state index contributed by atoms with van der Waals surface area (Å²) in [5.74, 6) is 2.69. The molecule has 1 aliphatic rings.